The van der Waals surface area contributed by atoms with E-state index in [4.69, 9.17) is 9.05 Å². The van der Waals surface area contributed by atoms with Crippen LogP contribution in [0.2, 0.25) is 25.7 Å². The van der Waals surface area contributed by atoms with E-state index in [2.05, 4.69) is 55.7 Å². The van der Waals surface area contributed by atoms with Crippen LogP contribution < -0.4 is 0 Å². The highest BCUT2D eigenvalue weighted by molar-refractivity contribution is 7.53. The SMILES string of the molecule is C[C@@H]([C@H](OP(C)(=O)OCC[Si](C)(C)C)C(C)(C)CN1C(=O)c2ccccc2C1=O)N(Cc1ccccc1)Cc1ccccc1. The lowest BCUT2D eigenvalue weighted by Crippen LogP contribution is -2.53. The summed E-state index contributed by atoms with van der Waals surface area (Å²) in [4.78, 5) is 30.4. The standard InChI is InChI=1S/C35H47N2O5PSi/c1-27(36(24-28-16-10-8-11-17-28)25-29-18-12-9-13-19-29)32(42-43(4,40)41-22-23-44(5,6)7)35(2,3)26-37-33(38)30-20-14-15-21-31(30)34(37)39/h8-21,27,32H,22-26H2,1-7H3/t27-,32-,43?/m0/s1. The van der Waals surface area contributed by atoms with Gasteiger partial charge >= 0.3 is 7.60 Å². The Bertz CT molecular complexity index is 1400. The number of imide groups is 1. The van der Waals surface area contributed by atoms with Gasteiger partial charge in [-0.25, -0.2) is 0 Å². The second-order valence-corrected chi connectivity index (χ2v) is 21.4. The van der Waals surface area contributed by atoms with Crippen molar-refractivity contribution in [2.24, 2.45) is 5.41 Å². The van der Waals surface area contributed by atoms with E-state index in [-0.39, 0.29) is 24.4 Å². The Balaban J connectivity index is 1.67. The Hall–Kier alpha value is -2.87. The number of carbonyl (C=O) groups excluding carboxylic acids is 2. The average Bonchev–Trinajstić information content (AvgIpc) is 3.20. The largest absolute Gasteiger partial charge is 0.327 e. The molecule has 4 rings (SSSR count). The minimum absolute atomic E-state index is 0.105. The number of fused-ring (bicyclic) bond motifs is 1. The van der Waals surface area contributed by atoms with E-state index in [1.54, 1.807) is 24.3 Å². The zero-order chi connectivity index (χ0) is 32.1. The molecule has 0 N–H and O–H groups in total. The topological polar surface area (TPSA) is 76.1 Å². The summed E-state index contributed by atoms with van der Waals surface area (Å²) in [5, 5.41) is 0. The molecular weight excluding hydrogens is 587 g/mol. The molecule has 1 aliphatic rings. The van der Waals surface area contributed by atoms with Crippen LogP contribution in [0.25, 0.3) is 0 Å². The van der Waals surface area contributed by atoms with Gasteiger partial charge in [-0.2, -0.15) is 0 Å². The van der Waals surface area contributed by atoms with Gasteiger partial charge in [0.05, 0.1) is 23.8 Å². The van der Waals surface area contributed by atoms with E-state index in [1.807, 2.05) is 50.2 Å². The summed E-state index contributed by atoms with van der Waals surface area (Å²) in [6.07, 6.45) is -0.651. The molecule has 3 aromatic carbocycles. The molecule has 0 spiro atoms. The minimum atomic E-state index is -3.52. The Morgan fingerprint density at radius 1 is 0.818 bits per heavy atom. The van der Waals surface area contributed by atoms with Crippen molar-refractivity contribution in [2.45, 2.75) is 71.7 Å². The second kappa shape index (κ2) is 14.0. The number of nitrogens with zero attached hydrogens (tertiary/aromatic N) is 2. The van der Waals surface area contributed by atoms with E-state index in [0.717, 1.165) is 17.2 Å². The lowest BCUT2D eigenvalue weighted by Gasteiger charge is -2.44. The van der Waals surface area contributed by atoms with Gasteiger partial charge in [0.15, 0.2) is 0 Å². The van der Waals surface area contributed by atoms with Crippen LogP contribution in [0.4, 0.5) is 0 Å². The summed E-state index contributed by atoms with van der Waals surface area (Å²) in [6.45, 7) is 16.0. The Kier molecular flexibility index (Phi) is 10.9. The zero-order valence-corrected chi connectivity index (χ0v) is 29.1. The Morgan fingerprint density at radius 3 is 1.73 bits per heavy atom. The van der Waals surface area contributed by atoms with Crippen molar-refractivity contribution in [3.8, 4) is 0 Å². The first-order valence-electron chi connectivity index (χ1n) is 15.3. The van der Waals surface area contributed by atoms with Crippen molar-refractivity contribution >= 4 is 27.5 Å². The number of benzene rings is 3. The van der Waals surface area contributed by atoms with Crippen molar-refractivity contribution < 1.29 is 23.2 Å². The van der Waals surface area contributed by atoms with Crippen molar-refractivity contribution in [3.63, 3.8) is 0 Å². The molecule has 0 saturated carbocycles. The fourth-order valence-electron chi connectivity index (χ4n) is 5.69. The molecule has 1 heterocycles. The third-order valence-corrected chi connectivity index (χ3v) is 11.1. The van der Waals surface area contributed by atoms with Crippen LogP contribution in [0.1, 0.15) is 52.6 Å². The van der Waals surface area contributed by atoms with Gasteiger partial charge in [-0.05, 0) is 36.2 Å². The number of hydrogen-bond donors (Lipinski definition) is 0. The fraction of sp³-hybridized carbons (Fsp3) is 0.429. The summed E-state index contributed by atoms with van der Waals surface area (Å²) in [5.41, 5.74) is 2.30. The highest BCUT2D eigenvalue weighted by Gasteiger charge is 2.46. The second-order valence-electron chi connectivity index (χ2n) is 13.8. The lowest BCUT2D eigenvalue weighted by molar-refractivity contribution is -0.0261. The molecule has 0 bridgehead atoms. The molecular formula is C35H47N2O5PSi. The predicted octanol–water partition coefficient (Wildman–Crippen LogP) is 7.96. The molecule has 1 aliphatic heterocycles. The first kappa shape index (κ1) is 34.0. The number of rotatable bonds is 15. The van der Waals surface area contributed by atoms with Crippen molar-refractivity contribution in [1.82, 2.24) is 9.80 Å². The predicted molar refractivity (Wildman–Crippen MR) is 180 cm³/mol. The molecule has 0 aliphatic carbocycles. The molecule has 44 heavy (non-hydrogen) atoms. The Morgan fingerprint density at radius 2 is 1.27 bits per heavy atom. The maximum absolute atomic E-state index is 13.9. The zero-order valence-electron chi connectivity index (χ0n) is 27.2. The summed E-state index contributed by atoms with van der Waals surface area (Å²) < 4.78 is 26.5. The van der Waals surface area contributed by atoms with Gasteiger partial charge in [-0.1, -0.05) is 106 Å². The molecule has 9 heteroatoms. The molecule has 236 valence electrons. The molecule has 7 nitrogen and oxygen atoms in total. The molecule has 0 aromatic heterocycles. The maximum Gasteiger partial charge on any atom is 0.327 e. The number of carbonyl (C=O) groups is 2. The monoisotopic (exact) mass is 634 g/mol. The van der Waals surface area contributed by atoms with E-state index in [1.165, 1.54) is 11.6 Å². The molecule has 1 unspecified atom stereocenters. The van der Waals surface area contributed by atoms with Crippen LogP contribution >= 0.6 is 7.60 Å². The van der Waals surface area contributed by atoms with Gasteiger partial charge in [0.2, 0.25) is 0 Å². The first-order valence-corrected chi connectivity index (χ1v) is 21.0. The van der Waals surface area contributed by atoms with Crippen LogP contribution in [0.5, 0.6) is 0 Å². The molecule has 3 atom stereocenters. The number of amides is 2. The van der Waals surface area contributed by atoms with Gasteiger partial charge in [0.25, 0.3) is 11.8 Å². The first-order chi connectivity index (χ1) is 20.7. The summed E-state index contributed by atoms with van der Waals surface area (Å²) in [5.74, 6) is -0.636. The Labute approximate surface area is 264 Å². The maximum atomic E-state index is 13.9. The fourth-order valence-corrected chi connectivity index (χ4v) is 7.93. The van der Waals surface area contributed by atoms with Gasteiger partial charge in [-0.3, -0.25) is 24.0 Å². The van der Waals surface area contributed by atoms with Crippen LogP contribution in [0.15, 0.2) is 84.9 Å². The lowest BCUT2D eigenvalue weighted by atomic mass is 9.81. The van der Waals surface area contributed by atoms with Crippen LogP contribution in [0.3, 0.4) is 0 Å². The molecule has 0 saturated heterocycles. The highest BCUT2D eigenvalue weighted by atomic mass is 31.2. The van der Waals surface area contributed by atoms with E-state index < -0.39 is 27.2 Å². The number of hydrogen-bond acceptors (Lipinski definition) is 6. The molecule has 0 fully saturated rings. The van der Waals surface area contributed by atoms with Crippen molar-refractivity contribution in [2.75, 3.05) is 19.8 Å². The van der Waals surface area contributed by atoms with Crippen molar-refractivity contribution in [3.05, 3.63) is 107 Å². The molecule has 3 aromatic rings. The van der Waals surface area contributed by atoms with Gasteiger partial charge in [0.1, 0.15) is 0 Å². The van der Waals surface area contributed by atoms with Gasteiger partial charge in [-0.15, -0.1) is 0 Å². The third-order valence-electron chi connectivity index (χ3n) is 8.17. The average molecular weight is 635 g/mol. The van der Waals surface area contributed by atoms with Gasteiger partial charge < -0.3 is 9.05 Å². The van der Waals surface area contributed by atoms with Crippen LogP contribution in [-0.4, -0.2) is 61.7 Å². The summed E-state index contributed by atoms with van der Waals surface area (Å²) >= 11 is 0. The van der Waals surface area contributed by atoms with E-state index >= 15 is 0 Å². The smallest absolute Gasteiger partial charge is 0.309 e. The summed E-state index contributed by atoms with van der Waals surface area (Å²) in [7, 11) is -4.94. The third kappa shape index (κ3) is 8.86. The highest BCUT2D eigenvalue weighted by Crippen LogP contribution is 2.50. The molecule has 0 radical (unpaired) electrons. The van der Waals surface area contributed by atoms with E-state index in [0.29, 0.717) is 30.8 Å². The van der Waals surface area contributed by atoms with Crippen LogP contribution in [0, 0.1) is 5.41 Å². The minimum Gasteiger partial charge on any atom is -0.309 e. The van der Waals surface area contributed by atoms with Crippen LogP contribution in [-0.2, 0) is 26.7 Å². The van der Waals surface area contributed by atoms with Crippen molar-refractivity contribution in [1.29, 1.82) is 0 Å². The normalized spacial score (nSPS) is 16.6. The van der Waals surface area contributed by atoms with E-state index in [9.17, 15) is 14.2 Å². The molecule has 2 amide bonds. The quantitative estimate of drug-likeness (QED) is 0.0959. The summed E-state index contributed by atoms with van der Waals surface area (Å²) in [6, 6.07) is 27.9. The van der Waals surface area contributed by atoms with Gasteiger partial charge in [0, 0.05) is 45.8 Å².